The summed E-state index contributed by atoms with van der Waals surface area (Å²) in [7, 11) is 0. The van der Waals surface area contributed by atoms with Crippen molar-refractivity contribution in [3.05, 3.63) is 82.7 Å². The molecule has 1 aliphatic rings. The van der Waals surface area contributed by atoms with Crippen molar-refractivity contribution >= 4 is 18.3 Å². The van der Waals surface area contributed by atoms with Crippen molar-refractivity contribution in [2.45, 2.75) is 32.6 Å². The van der Waals surface area contributed by atoms with E-state index in [1.807, 2.05) is 39.9 Å². The highest BCUT2D eigenvalue weighted by Crippen LogP contribution is 2.29. The van der Waals surface area contributed by atoms with Gasteiger partial charge in [0.2, 0.25) is 0 Å². The molecule has 0 atom stereocenters. The first-order chi connectivity index (χ1) is 14.2. The molecule has 0 saturated carbocycles. The molecule has 158 valence electrons. The molecule has 1 aliphatic carbocycles. The Balaban J connectivity index is 0.00000256. The van der Waals surface area contributed by atoms with E-state index in [1.54, 1.807) is 0 Å². The normalized spacial score (nSPS) is 12.3. The molecule has 1 amide bonds. The number of halogens is 1. The van der Waals surface area contributed by atoms with Crippen LogP contribution in [0.2, 0.25) is 0 Å². The van der Waals surface area contributed by atoms with Gasteiger partial charge in [0, 0.05) is 30.9 Å². The van der Waals surface area contributed by atoms with Crippen molar-refractivity contribution in [2.75, 3.05) is 19.6 Å². The van der Waals surface area contributed by atoms with Crippen molar-refractivity contribution in [1.82, 2.24) is 14.7 Å². The summed E-state index contributed by atoms with van der Waals surface area (Å²) >= 11 is 0. The van der Waals surface area contributed by atoms with E-state index in [0.29, 0.717) is 25.3 Å². The molecule has 0 radical (unpaired) electrons. The van der Waals surface area contributed by atoms with E-state index in [1.165, 1.54) is 11.3 Å². The number of benzene rings is 2. The highest BCUT2D eigenvalue weighted by Gasteiger charge is 2.29. The molecule has 1 aromatic heterocycles. The minimum atomic E-state index is -0.00290. The van der Waals surface area contributed by atoms with Crippen molar-refractivity contribution in [3.63, 3.8) is 0 Å². The van der Waals surface area contributed by atoms with Crippen LogP contribution in [0, 0.1) is 6.92 Å². The molecule has 0 bridgehead atoms. The molecule has 3 aromatic rings. The van der Waals surface area contributed by atoms with Gasteiger partial charge in [0.05, 0.1) is 5.69 Å². The first kappa shape index (κ1) is 22.1. The lowest BCUT2D eigenvalue weighted by molar-refractivity contribution is 0.0754. The second-order valence-electron chi connectivity index (χ2n) is 7.64. The van der Waals surface area contributed by atoms with Crippen LogP contribution in [0.3, 0.4) is 0 Å². The topological polar surface area (TPSA) is 64.2 Å². The van der Waals surface area contributed by atoms with Gasteiger partial charge >= 0.3 is 0 Å². The molecule has 5 nitrogen and oxygen atoms in total. The molecule has 4 rings (SSSR count). The van der Waals surface area contributed by atoms with Gasteiger partial charge in [0.15, 0.2) is 5.69 Å². The summed E-state index contributed by atoms with van der Waals surface area (Å²) in [5.74, 6) is -0.00290. The number of carbonyl (C=O) groups excluding carboxylic acids is 1. The summed E-state index contributed by atoms with van der Waals surface area (Å²) < 4.78 is 1.99. The zero-order chi connectivity index (χ0) is 20.2. The maximum Gasteiger partial charge on any atom is 0.274 e. The van der Waals surface area contributed by atoms with Crippen LogP contribution in [-0.2, 0) is 19.3 Å². The third-order valence-corrected chi connectivity index (χ3v) is 5.68. The maximum absolute atomic E-state index is 13.4. The lowest BCUT2D eigenvalue weighted by Crippen LogP contribution is -2.37. The molecule has 6 heteroatoms. The van der Waals surface area contributed by atoms with E-state index in [2.05, 4.69) is 31.2 Å². The number of hydrogen-bond acceptors (Lipinski definition) is 3. The summed E-state index contributed by atoms with van der Waals surface area (Å²) in [6.45, 7) is 3.71. The molecule has 1 heterocycles. The highest BCUT2D eigenvalue weighted by molar-refractivity contribution is 5.94. The van der Waals surface area contributed by atoms with Gasteiger partial charge in [-0.15, -0.1) is 12.4 Å². The Bertz CT molecular complexity index is 1000. The number of para-hydroxylation sites is 1. The average Bonchev–Trinajstić information content (AvgIpc) is 3.35. The van der Waals surface area contributed by atoms with Gasteiger partial charge in [-0.3, -0.25) is 4.79 Å². The molecule has 2 N–H and O–H groups in total. The fourth-order valence-electron chi connectivity index (χ4n) is 4.14. The third kappa shape index (κ3) is 4.42. The monoisotopic (exact) mass is 424 g/mol. The van der Waals surface area contributed by atoms with E-state index in [-0.39, 0.29) is 18.3 Å². The fourth-order valence-corrected chi connectivity index (χ4v) is 4.14. The first-order valence-electron chi connectivity index (χ1n) is 10.4. The molecule has 0 unspecified atom stereocenters. The Morgan fingerprint density at radius 3 is 2.53 bits per heavy atom. The van der Waals surface area contributed by atoms with E-state index in [0.717, 1.165) is 42.5 Å². The Morgan fingerprint density at radius 2 is 1.80 bits per heavy atom. The Labute approximate surface area is 184 Å². The van der Waals surface area contributed by atoms with Crippen LogP contribution in [0.1, 0.15) is 39.3 Å². The smallest absolute Gasteiger partial charge is 0.274 e. The average molecular weight is 425 g/mol. The molecule has 0 saturated heterocycles. The lowest BCUT2D eigenvalue weighted by Gasteiger charge is -2.21. The summed E-state index contributed by atoms with van der Waals surface area (Å²) in [5, 5.41) is 4.81. The highest BCUT2D eigenvalue weighted by atomic mass is 35.5. The van der Waals surface area contributed by atoms with Crippen LogP contribution >= 0.6 is 12.4 Å². The fraction of sp³-hybridized carbons (Fsp3) is 0.333. The number of rotatable bonds is 7. The molecule has 0 spiro atoms. The molecular weight excluding hydrogens is 396 g/mol. The minimum Gasteiger partial charge on any atom is -0.336 e. The predicted octanol–water partition coefficient (Wildman–Crippen LogP) is 3.73. The maximum atomic E-state index is 13.4. The van der Waals surface area contributed by atoms with E-state index >= 15 is 0 Å². The Kier molecular flexibility index (Phi) is 7.29. The van der Waals surface area contributed by atoms with Crippen LogP contribution in [-0.4, -0.2) is 40.2 Å². The first-order valence-corrected chi connectivity index (χ1v) is 10.4. The SMILES string of the molecule is Cc1ccccc1-n1nc(C(=O)N(CCN)CCc2ccccc2)c2c1CCC2.Cl. The summed E-state index contributed by atoms with van der Waals surface area (Å²) in [5.41, 5.74) is 12.1. The van der Waals surface area contributed by atoms with Gasteiger partial charge in [-0.1, -0.05) is 48.5 Å². The van der Waals surface area contributed by atoms with Crippen LogP contribution in [0.25, 0.3) is 5.69 Å². The van der Waals surface area contributed by atoms with Crippen molar-refractivity contribution in [1.29, 1.82) is 0 Å². The Morgan fingerprint density at radius 1 is 1.07 bits per heavy atom. The van der Waals surface area contributed by atoms with Crippen LogP contribution in [0.4, 0.5) is 0 Å². The third-order valence-electron chi connectivity index (χ3n) is 5.68. The zero-order valence-electron chi connectivity index (χ0n) is 17.4. The van der Waals surface area contributed by atoms with Gasteiger partial charge in [-0.2, -0.15) is 5.10 Å². The van der Waals surface area contributed by atoms with E-state index < -0.39 is 0 Å². The quantitative estimate of drug-likeness (QED) is 0.628. The number of nitrogens with two attached hydrogens (primary N) is 1. The summed E-state index contributed by atoms with van der Waals surface area (Å²) in [6, 6.07) is 18.5. The van der Waals surface area contributed by atoms with Crippen molar-refractivity contribution in [2.24, 2.45) is 5.73 Å². The van der Waals surface area contributed by atoms with Gasteiger partial charge < -0.3 is 10.6 Å². The van der Waals surface area contributed by atoms with Gasteiger partial charge in [-0.25, -0.2) is 4.68 Å². The summed E-state index contributed by atoms with van der Waals surface area (Å²) in [6.07, 6.45) is 3.76. The van der Waals surface area contributed by atoms with Crippen molar-refractivity contribution < 1.29 is 4.79 Å². The van der Waals surface area contributed by atoms with Gasteiger partial charge in [0.1, 0.15) is 0 Å². The number of hydrogen-bond donors (Lipinski definition) is 1. The lowest BCUT2D eigenvalue weighted by atomic mass is 10.1. The Hall–Kier alpha value is -2.63. The van der Waals surface area contributed by atoms with Gasteiger partial charge in [0.25, 0.3) is 5.91 Å². The minimum absolute atomic E-state index is 0. The van der Waals surface area contributed by atoms with Crippen LogP contribution in [0.15, 0.2) is 54.6 Å². The van der Waals surface area contributed by atoms with Crippen molar-refractivity contribution in [3.8, 4) is 5.69 Å². The molecule has 0 aliphatic heterocycles. The predicted molar refractivity (Wildman–Crippen MR) is 123 cm³/mol. The van der Waals surface area contributed by atoms with Crippen LogP contribution < -0.4 is 5.73 Å². The number of fused-ring (bicyclic) bond motifs is 1. The number of carbonyl (C=O) groups is 1. The number of amides is 1. The second kappa shape index (κ2) is 9.92. The molecule has 2 aromatic carbocycles. The number of nitrogens with zero attached hydrogens (tertiary/aromatic N) is 3. The standard InChI is InChI=1S/C24H28N4O.ClH/c1-18-8-5-6-12-21(18)28-22-13-7-11-20(22)23(26-28)24(29)27(17-15-25)16-14-19-9-3-2-4-10-19;/h2-6,8-10,12H,7,11,13-17,25H2,1H3;1H. The number of aryl methyl sites for hydroxylation is 1. The molecular formula is C24H29ClN4O. The largest absolute Gasteiger partial charge is 0.336 e. The van der Waals surface area contributed by atoms with E-state index in [4.69, 9.17) is 10.8 Å². The zero-order valence-corrected chi connectivity index (χ0v) is 18.2. The second-order valence-corrected chi connectivity index (χ2v) is 7.64. The summed E-state index contributed by atoms with van der Waals surface area (Å²) in [4.78, 5) is 15.3. The molecule has 0 fully saturated rings. The number of aromatic nitrogens is 2. The van der Waals surface area contributed by atoms with Gasteiger partial charge in [-0.05, 0) is 49.8 Å². The van der Waals surface area contributed by atoms with E-state index in [9.17, 15) is 4.79 Å². The van der Waals surface area contributed by atoms with Crippen LogP contribution in [0.5, 0.6) is 0 Å². The molecule has 30 heavy (non-hydrogen) atoms.